The van der Waals surface area contributed by atoms with Crippen molar-refractivity contribution in [2.24, 2.45) is 0 Å². The zero-order valence-electron chi connectivity index (χ0n) is 17.8. The molecule has 1 unspecified atom stereocenters. The van der Waals surface area contributed by atoms with E-state index in [1.165, 1.54) is 18.9 Å². The molecule has 3 rings (SSSR count). The quantitative estimate of drug-likeness (QED) is 0.473. The Kier molecular flexibility index (Phi) is 7.29. The van der Waals surface area contributed by atoms with Crippen LogP contribution in [-0.4, -0.2) is 47.7 Å². The number of nitrogens with zero attached hydrogens (tertiary/aromatic N) is 2. The highest BCUT2D eigenvalue weighted by molar-refractivity contribution is 8.00. The summed E-state index contributed by atoms with van der Waals surface area (Å²) in [6.45, 7) is 3.64. The summed E-state index contributed by atoms with van der Waals surface area (Å²) < 4.78 is 16.0. The molecule has 1 heterocycles. The van der Waals surface area contributed by atoms with Crippen molar-refractivity contribution in [3.63, 3.8) is 0 Å². The molecule has 0 aliphatic rings. The van der Waals surface area contributed by atoms with Crippen LogP contribution in [0.4, 0.5) is 5.69 Å². The first-order valence-corrected chi connectivity index (χ1v) is 10.6. The van der Waals surface area contributed by atoms with Crippen molar-refractivity contribution in [1.29, 1.82) is 0 Å². The Morgan fingerprint density at radius 3 is 2.55 bits per heavy atom. The molecule has 0 saturated carbocycles. The fourth-order valence-electron chi connectivity index (χ4n) is 2.79. The fourth-order valence-corrected chi connectivity index (χ4v) is 3.67. The van der Waals surface area contributed by atoms with Crippen molar-refractivity contribution >= 4 is 35.0 Å². The van der Waals surface area contributed by atoms with E-state index in [0.717, 1.165) is 11.1 Å². The predicted molar refractivity (Wildman–Crippen MR) is 122 cm³/mol. The van der Waals surface area contributed by atoms with Gasteiger partial charge in [0.1, 0.15) is 17.2 Å². The Morgan fingerprint density at radius 2 is 1.87 bits per heavy atom. The zero-order valence-corrected chi connectivity index (χ0v) is 19.4. The summed E-state index contributed by atoms with van der Waals surface area (Å²) in [5, 5.41) is 10.5. The van der Waals surface area contributed by atoms with E-state index in [9.17, 15) is 4.79 Å². The Labute approximate surface area is 189 Å². The average Bonchev–Trinajstić information content (AvgIpc) is 3.23. The van der Waals surface area contributed by atoms with Crippen LogP contribution < -0.4 is 19.5 Å². The third kappa shape index (κ3) is 5.23. The number of carbonyl (C=O) groups excluding carboxylic acids is 1. The van der Waals surface area contributed by atoms with E-state index in [4.69, 9.17) is 25.8 Å². The number of thioether (sulfide) groups is 1. The number of amides is 1. The minimum atomic E-state index is -0.456. The molecule has 0 radical (unpaired) electrons. The number of aromatic amines is 1. The van der Waals surface area contributed by atoms with E-state index in [-0.39, 0.29) is 5.91 Å². The number of ether oxygens (including phenoxy) is 3. The predicted octanol–water partition coefficient (Wildman–Crippen LogP) is 4.58. The highest BCUT2D eigenvalue weighted by atomic mass is 35.5. The highest BCUT2D eigenvalue weighted by Gasteiger charge is 2.20. The van der Waals surface area contributed by atoms with Gasteiger partial charge in [0.05, 0.1) is 37.8 Å². The fraction of sp³-hybridized carbons (Fsp3) is 0.286. The Balaban J connectivity index is 1.72. The van der Waals surface area contributed by atoms with Crippen molar-refractivity contribution in [1.82, 2.24) is 15.2 Å². The lowest BCUT2D eigenvalue weighted by atomic mass is 10.2. The first-order valence-electron chi connectivity index (χ1n) is 9.32. The third-order valence-electron chi connectivity index (χ3n) is 4.52. The van der Waals surface area contributed by atoms with Crippen LogP contribution in [0.2, 0.25) is 5.02 Å². The number of hydrogen-bond acceptors (Lipinski definition) is 7. The molecule has 0 saturated heterocycles. The SMILES string of the molecule is COc1ccc(-c2nc(SC(C)C(=O)Nc3cc(C)c(Cl)cc3OC)n[nH]2)c(OC)c1. The zero-order chi connectivity index (χ0) is 22.5. The molecule has 1 atom stereocenters. The second-order valence-corrected chi connectivity index (χ2v) is 8.30. The first kappa shape index (κ1) is 22.8. The van der Waals surface area contributed by atoms with E-state index < -0.39 is 5.25 Å². The lowest BCUT2D eigenvalue weighted by Gasteiger charge is -2.14. The van der Waals surface area contributed by atoms with Gasteiger partial charge in [-0.25, -0.2) is 4.98 Å². The van der Waals surface area contributed by atoms with Gasteiger partial charge in [-0.1, -0.05) is 23.4 Å². The summed E-state index contributed by atoms with van der Waals surface area (Å²) in [5.41, 5.74) is 2.13. The van der Waals surface area contributed by atoms with Crippen LogP contribution >= 0.6 is 23.4 Å². The number of H-pyrrole nitrogens is 1. The molecular formula is C21H23ClN4O4S. The number of benzene rings is 2. The monoisotopic (exact) mass is 462 g/mol. The second kappa shape index (κ2) is 9.93. The smallest absolute Gasteiger partial charge is 0.237 e. The Bertz CT molecular complexity index is 1090. The lowest BCUT2D eigenvalue weighted by Crippen LogP contribution is -2.23. The lowest BCUT2D eigenvalue weighted by molar-refractivity contribution is -0.115. The van der Waals surface area contributed by atoms with Gasteiger partial charge in [-0.3, -0.25) is 9.89 Å². The molecule has 0 bridgehead atoms. The first-order chi connectivity index (χ1) is 14.9. The van der Waals surface area contributed by atoms with Crippen molar-refractivity contribution in [2.45, 2.75) is 24.3 Å². The van der Waals surface area contributed by atoms with E-state index in [0.29, 0.717) is 38.9 Å². The maximum atomic E-state index is 12.7. The van der Waals surface area contributed by atoms with Crippen LogP contribution in [0.3, 0.4) is 0 Å². The molecule has 2 aromatic carbocycles. The molecule has 2 N–H and O–H groups in total. The number of halogens is 1. The molecule has 3 aromatic rings. The number of carbonyl (C=O) groups is 1. The average molecular weight is 463 g/mol. The van der Waals surface area contributed by atoms with Crippen molar-refractivity contribution in [3.05, 3.63) is 40.9 Å². The van der Waals surface area contributed by atoms with Gasteiger partial charge >= 0.3 is 0 Å². The van der Waals surface area contributed by atoms with Gasteiger partial charge < -0.3 is 19.5 Å². The number of aromatic nitrogens is 3. The summed E-state index contributed by atoms with van der Waals surface area (Å²) in [6, 6.07) is 8.86. The molecule has 0 aliphatic heterocycles. The molecule has 1 amide bonds. The van der Waals surface area contributed by atoms with Gasteiger partial charge in [-0.2, -0.15) is 0 Å². The van der Waals surface area contributed by atoms with E-state index in [1.54, 1.807) is 39.3 Å². The van der Waals surface area contributed by atoms with E-state index in [2.05, 4.69) is 20.5 Å². The number of anilines is 1. The summed E-state index contributed by atoms with van der Waals surface area (Å²) in [5.74, 6) is 2.09. The largest absolute Gasteiger partial charge is 0.497 e. The Morgan fingerprint density at radius 1 is 1.13 bits per heavy atom. The van der Waals surface area contributed by atoms with E-state index in [1.807, 2.05) is 19.1 Å². The Hall–Kier alpha value is -2.91. The van der Waals surface area contributed by atoms with Crippen molar-refractivity contribution in [2.75, 3.05) is 26.6 Å². The van der Waals surface area contributed by atoms with Crippen LogP contribution in [0.25, 0.3) is 11.4 Å². The third-order valence-corrected chi connectivity index (χ3v) is 5.89. The van der Waals surface area contributed by atoms with Crippen LogP contribution in [0.5, 0.6) is 17.2 Å². The maximum absolute atomic E-state index is 12.7. The van der Waals surface area contributed by atoms with Gasteiger partial charge in [0, 0.05) is 17.2 Å². The molecule has 0 fully saturated rings. The number of methoxy groups -OCH3 is 3. The van der Waals surface area contributed by atoms with E-state index >= 15 is 0 Å². The molecule has 0 spiro atoms. The number of nitrogens with one attached hydrogen (secondary N) is 2. The summed E-state index contributed by atoms with van der Waals surface area (Å²) in [4.78, 5) is 17.2. The van der Waals surface area contributed by atoms with Gasteiger partial charge in [-0.05, 0) is 37.6 Å². The number of aryl methyl sites for hydroxylation is 1. The van der Waals surface area contributed by atoms with Gasteiger partial charge in [0.25, 0.3) is 0 Å². The summed E-state index contributed by atoms with van der Waals surface area (Å²) >= 11 is 7.36. The van der Waals surface area contributed by atoms with Crippen LogP contribution in [-0.2, 0) is 4.79 Å². The van der Waals surface area contributed by atoms with Gasteiger partial charge in [0.15, 0.2) is 5.82 Å². The maximum Gasteiger partial charge on any atom is 0.237 e. The van der Waals surface area contributed by atoms with Crippen LogP contribution in [0, 0.1) is 6.92 Å². The summed E-state index contributed by atoms with van der Waals surface area (Å²) in [6.07, 6.45) is 0. The number of hydrogen-bond donors (Lipinski definition) is 2. The molecule has 31 heavy (non-hydrogen) atoms. The van der Waals surface area contributed by atoms with Crippen molar-refractivity contribution < 1.29 is 19.0 Å². The van der Waals surface area contributed by atoms with Gasteiger partial charge in [-0.15, -0.1) is 5.10 Å². The highest BCUT2D eigenvalue weighted by Crippen LogP contribution is 2.34. The standard InChI is InChI=1S/C21H23ClN4O4S/c1-11-8-16(18(30-5)10-15(11)22)23-20(27)12(2)31-21-24-19(25-26-21)14-7-6-13(28-3)9-17(14)29-4/h6-10,12H,1-5H3,(H,23,27)(H,24,25,26). The molecule has 8 nitrogen and oxygen atoms in total. The van der Waals surface area contributed by atoms with Crippen molar-refractivity contribution in [3.8, 4) is 28.6 Å². The topological polar surface area (TPSA) is 98.4 Å². The number of rotatable bonds is 8. The van der Waals surface area contributed by atoms with Gasteiger partial charge in [0.2, 0.25) is 11.1 Å². The van der Waals surface area contributed by atoms with Crippen LogP contribution in [0.15, 0.2) is 35.5 Å². The molecule has 164 valence electrons. The minimum absolute atomic E-state index is 0.210. The molecule has 1 aromatic heterocycles. The molecular weight excluding hydrogens is 440 g/mol. The molecule has 10 heteroatoms. The summed E-state index contributed by atoms with van der Waals surface area (Å²) in [7, 11) is 4.69. The van der Waals surface area contributed by atoms with Crippen LogP contribution in [0.1, 0.15) is 12.5 Å². The molecule has 0 aliphatic carbocycles. The normalized spacial score (nSPS) is 11.7. The minimum Gasteiger partial charge on any atom is -0.497 e. The second-order valence-electron chi connectivity index (χ2n) is 6.58.